The van der Waals surface area contributed by atoms with E-state index in [-0.39, 0.29) is 0 Å². The van der Waals surface area contributed by atoms with Crippen molar-refractivity contribution in [3.8, 4) is 0 Å². The number of hydrogen-bond donors (Lipinski definition) is 0. The van der Waals surface area contributed by atoms with Crippen LogP contribution >= 0.6 is 11.8 Å². The van der Waals surface area contributed by atoms with Crippen molar-refractivity contribution in [1.82, 2.24) is 0 Å². The van der Waals surface area contributed by atoms with Crippen LogP contribution in [0.4, 0.5) is 4.39 Å². The lowest BCUT2D eigenvalue weighted by Gasteiger charge is -1.96. The average molecular weight is 120 g/mol. The molecule has 0 atom stereocenters. The van der Waals surface area contributed by atoms with Gasteiger partial charge in [0.15, 0.2) is 0 Å². The molecule has 1 fully saturated rings. The quantitative estimate of drug-likeness (QED) is 0.536. The Kier molecular flexibility index (Phi) is 1.28. The zero-order chi connectivity index (χ0) is 5.33. The summed E-state index contributed by atoms with van der Waals surface area (Å²) in [6, 6.07) is 0. The van der Waals surface area contributed by atoms with Crippen LogP contribution in [0.5, 0.6) is 0 Å². The second kappa shape index (κ2) is 1.66. The van der Waals surface area contributed by atoms with E-state index in [0.717, 1.165) is 12.8 Å². The van der Waals surface area contributed by atoms with Crippen LogP contribution in [-0.2, 0) is 0 Å². The minimum atomic E-state index is -0.737. The number of alkyl halides is 1. The van der Waals surface area contributed by atoms with Gasteiger partial charge in [0.05, 0.1) is 0 Å². The minimum absolute atomic E-state index is 0.701. The van der Waals surface area contributed by atoms with E-state index in [1.54, 1.807) is 11.8 Å². The van der Waals surface area contributed by atoms with Gasteiger partial charge in [-0.1, -0.05) is 0 Å². The third-order valence-corrected chi connectivity index (χ3v) is 2.00. The largest absolute Gasteiger partial charge is 0.243 e. The van der Waals surface area contributed by atoms with Gasteiger partial charge in [0.2, 0.25) is 0 Å². The molecule has 0 unspecified atom stereocenters. The van der Waals surface area contributed by atoms with E-state index in [4.69, 9.17) is 0 Å². The molecule has 1 saturated carbocycles. The van der Waals surface area contributed by atoms with Crippen molar-refractivity contribution >= 4 is 11.8 Å². The van der Waals surface area contributed by atoms with Crippen molar-refractivity contribution in [2.75, 3.05) is 12.0 Å². The van der Waals surface area contributed by atoms with Crippen molar-refractivity contribution < 1.29 is 4.39 Å². The van der Waals surface area contributed by atoms with E-state index in [1.807, 2.05) is 6.26 Å². The molecule has 1 rings (SSSR count). The van der Waals surface area contributed by atoms with Gasteiger partial charge >= 0.3 is 0 Å². The SMILES string of the molecule is CSCC1(F)CC1. The Hall–Kier alpha value is 0.280. The lowest BCUT2D eigenvalue weighted by Crippen LogP contribution is -2.00. The molecule has 1 aliphatic carbocycles. The normalized spacial score (nSPS) is 24.9. The zero-order valence-electron chi connectivity index (χ0n) is 4.41. The van der Waals surface area contributed by atoms with Gasteiger partial charge in [-0.2, -0.15) is 11.8 Å². The van der Waals surface area contributed by atoms with E-state index in [0.29, 0.717) is 5.75 Å². The molecular formula is C5H9FS. The molecule has 0 radical (unpaired) electrons. The van der Waals surface area contributed by atoms with Gasteiger partial charge in [-0.3, -0.25) is 0 Å². The third-order valence-electron chi connectivity index (χ3n) is 1.20. The molecular weight excluding hydrogens is 111 g/mol. The molecule has 0 aromatic carbocycles. The first-order chi connectivity index (χ1) is 3.27. The molecule has 0 N–H and O–H groups in total. The Balaban J connectivity index is 2.13. The predicted molar refractivity (Wildman–Crippen MR) is 31.5 cm³/mol. The highest BCUT2D eigenvalue weighted by atomic mass is 32.2. The summed E-state index contributed by atoms with van der Waals surface area (Å²) in [4.78, 5) is 0. The fraction of sp³-hybridized carbons (Fsp3) is 1.00. The molecule has 0 nitrogen and oxygen atoms in total. The Bertz CT molecular complexity index is 68.5. The summed E-state index contributed by atoms with van der Waals surface area (Å²) in [5.74, 6) is 0.701. The highest BCUT2D eigenvalue weighted by Crippen LogP contribution is 2.41. The van der Waals surface area contributed by atoms with E-state index in [9.17, 15) is 4.39 Å². The van der Waals surface area contributed by atoms with Crippen LogP contribution in [0.3, 0.4) is 0 Å². The number of rotatable bonds is 2. The van der Waals surface area contributed by atoms with Crippen molar-refractivity contribution in [1.29, 1.82) is 0 Å². The van der Waals surface area contributed by atoms with Crippen LogP contribution in [0.2, 0.25) is 0 Å². The molecule has 0 heterocycles. The maximum atomic E-state index is 12.5. The van der Waals surface area contributed by atoms with E-state index in [2.05, 4.69) is 0 Å². The monoisotopic (exact) mass is 120 g/mol. The maximum Gasteiger partial charge on any atom is 0.120 e. The molecule has 0 aromatic rings. The zero-order valence-corrected chi connectivity index (χ0v) is 5.22. The Morgan fingerprint density at radius 3 is 2.43 bits per heavy atom. The summed E-state index contributed by atoms with van der Waals surface area (Å²) in [7, 11) is 0. The summed E-state index contributed by atoms with van der Waals surface area (Å²) in [6.45, 7) is 0. The molecule has 0 aliphatic heterocycles. The molecule has 0 amide bonds. The number of hydrogen-bond acceptors (Lipinski definition) is 1. The molecule has 0 spiro atoms. The topological polar surface area (TPSA) is 0 Å². The highest BCUT2D eigenvalue weighted by molar-refractivity contribution is 7.98. The molecule has 0 saturated heterocycles. The number of halogens is 1. The number of thioether (sulfide) groups is 1. The highest BCUT2D eigenvalue weighted by Gasteiger charge is 2.42. The fourth-order valence-corrected chi connectivity index (χ4v) is 1.34. The molecule has 7 heavy (non-hydrogen) atoms. The molecule has 0 bridgehead atoms. The smallest absolute Gasteiger partial charge is 0.120 e. The summed E-state index contributed by atoms with van der Waals surface area (Å²) < 4.78 is 12.5. The van der Waals surface area contributed by atoms with Gasteiger partial charge in [-0.15, -0.1) is 0 Å². The summed E-state index contributed by atoms with van der Waals surface area (Å²) in [6.07, 6.45) is 3.54. The van der Waals surface area contributed by atoms with Gasteiger partial charge in [0, 0.05) is 5.75 Å². The Morgan fingerprint density at radius 2 is 2.29 bits per heavy atom. The summed E-state index contributed by atoms with van der Waals surface area (Å²) >= 11 is 1.60. The lowest BCUT2D eigenvalue weighted by atomic mass is 10.5. The van der Waals surface area contributed by atoms with Gasteiger partial charge in [0.1, 0.15) is 5.67 Å². The average Bonchev–Trinajstić information content (AvgIpc) is 2.22. The Morgan fingerprint density at radius 1 is 1.71 bits per heavy atom. The summed E-state index contributed by atoms with van der Waals surface area (Å²) in [5.41, 5.74) is -0.737. The molecule has 0 aromatic heterocycles. The maximum absolute atomic E-state index is 12.5. The molecule has 2 heteroatoms. The second-order valence-electron chi connectivity index (χ2n) is 2.08. The van der Waals surface area contributed by atoms with Crippen LogP contribution in [-0.4, -0.2) is 17.7 Å². The van der Waals surface area contributed by atoms with E-state index in [1.165, 1.54) is 0 Å². The standard InChI is InChI=1S/C5H9FS/c1-7-4-5(6)2-3-5/h2-4H2,1H3. The van der Waals surface area contributed by atoms with Gasteiger partial charge in [-0.25, -0.2) is 4.39 Å². The third kappa shape index (κ3) is 1.34. The molecule has 1 aliphatic rings. The Labute approximate surface area is 47.5 Å². The van der Waals surface area contributed by atoms with Gasteiger partial charge in [0.25, 0.3) is 0 Å². The first kappa shape index (κ1) is 5.42. The predicted octanol–water partition coefficient (Wildman–Crippen LogP) is 1.85. The fourth-order valence-electron chi connectivity index (χ4n) is 0.539. The van der Waals surface area contributed by atoms with Gasteiger partial charge in [-0.05, 0) is 19.1 Å². The first-order valence-corrected chi connectivity index (χ1v) is 3.84. The van der Waals surface area contributed by atoms with Crippen LogP contribution in [0.1, 0.15) is 12.8 Å². The van der Waals surface area contributed by atoms with Crippen molar-refractivity contribution in [3.05, 3.63) is 0 Å². The van der Waals surface area contributed by atoms with Gasteiger partial charge < -0.3 is 0 Å². The van der Waals surface area contributed by atoms with Crippen molar-refractivity contribution in [2.45, 2.75) is 18.5 Å². The van der Waals surface area contributed by atoms with Crippen molar-refractivity contribution in [2.24, 2.45) is 0 Å². The van der Waals surface area contributed by atoms with Crippen molar-refractivity contribution in [3.63, 3.8) is 0 Å². The first-order valence-electron chi connectivity index (χ1n) is 2.45. The van der Waals surface area contributed by atoms with Crippen LogP contribution in [0.25, 0.3) is 0 Å². The minimum Gasteiger partial charge on any atom is -0.243 e. The lowest BCUT2D eigenvalue weighted by molar-refractivity contribution is 0.346. The molecule has 42 valence electrons. The van der Waals surface area contributed by atoms with Crippen LogP contribution < -0.4 is 0 Å². The van der Waals surface area contributed by atoms with Crippen LogP contribution in [0, 0.1) is 0 Å². The second-order valence-corrected chi connectivity index (χ2v) is 2.95. The van der Waals surface area contributed by atoms with E-state index >= 15 is 0 Å². The van der Waals surface area contributed by atoms with E-state index < -0.39 is 5.67 Å². The summed E-state index contributed by atoms with van der Waals surface area (Å²) in [5, 5.41) is 0. The van der Waals surface area contributed by atoms with Crippen LogP contribution in [0.15, 0.2) is 0 Å².